The fourth-order valence-corrected chi connectivity index (χ4v) is 1.61. The van der Waals surface area contributed by atoms with Crippen LogP contribution in [-0.4, -0.2) is 16.5 Å². The van der Waals surface area contributed by atoms with E-state index < -0.39 is 0 Å². The fourth-order valence-electron chi connectivity index (χ4n) is 1.61. The molecule has 2 rings (SSSR count). The van der Waals surface area contributed by atoms with Gasteiger partial charge in [0, 0.05) is 12.2 Å². The van der Waals surface area contributed by atoms with Crippen LogP contribution < -0.4 is 5.32 Å². The van der Waals surface area contributed by atoms with Gasteiger partial charge < -0.3 is 5.32 Å². The van der Waals surface area contributed by atoms with Crippen molar-refractivity contribution in [2.24, 2.45) is 0 Å². The van der Waals surface area contributed by atoms with E-state index in [-0.39, 0.29) is 24.8 Å². The summed E-state index contributed by atoms with van der Waals surface area (Å²) in [5, 5.41) is 3.41. The third kappa shape index (κ3) is 3.08. The molecule has 0 aliphatic carbocycles. The minimum atomic E-state index is 0. The van der Waals surface area contributed by atoms with Crippen molar-refractivity contribution in [2.75, 3.05) is 6.54 Å². The first-order chi connectivity index (χ1) is 5.86. The number of hydrogen-bond donors (Lipinski definition) is 1. The van der Waals surface area contributed by atoms with Crippen molar-refractivity contribution in [3.05, 3.63) is 23.8 Å². The van der Waals surface area contributed by atoms with E-state index in [1.54, 1.807) is 0 Å². The highest BCUT2D eigenvalue weighted by molar-refractivity contribution is 5.85. The molecule has 0 aromatic carbocycles. The second kappa shape index (κ2) is 6.17. The van der Waals surface area contributed by atoms with E-state index in [4.69, 9.17) is 0 Å². The minimum Gasteiger partial charge on any atom is -0.309 e. The number of nitrogens with one attached hydrogen (secondary N) is 1. The molecule has 0 spiro atoms. The molecule has 5 heteroatoms. The molecule has 3 nitrogen and oxygen atoms in total. The standard InChI is InChI=1S/C9H13N3.2ClH/c1-7-10-6-4-9(12-7)8-3-2-5-11-8;;/h4,6,8,11H,2-3,5H2,1H3;2*1H. The molecule has 1 unspecified atom stereocenters. The van der Waals surface area contributed by atoms with Crippen LogP contribution in [0, 0.1) is 6.92 Å². The van der Waals surface area contributed by atoms with Crippen molar-refractivity contribution in [2.45, 2.75) is 25.8 Å². The van der Waals surface area contributed by atoms with Gasteiger partial charge in [-0.05, 0) is 32.4 Å². The molecule has 1 aromatic heterocycles. The van der Waals surface area contributed by atoms with Crippen LogP contribution in [0.2, 0.25) is 0 Å². The van der Waals surface area contributed by atoms with E-state index in [1.165, 1.54) is 12.8 Å². The SMILES string of the molecule is Cc1nccc(C2CCCN2)n1.Cl.Cl. The van der Waals surface area contributed by atoms with Crippen molar-refractivity contribution in [3.63, 3.8) is 0 Å². The Morgan fingerprint density at radius 3 is 2.79 bits per heavy atom. The van der Waals surface area contributed by atoms with Gasteiger partial charge in [0.15, 0.2) is 0 Å². The lowest BCUT2D eigenvalue weighted by atomic mass is 10.1. The van der Waals surface area contributed by atoms with Gasteiger partial charge in [-0.25, -0.2) is 9.97 Å². The molecular weight excluding hydrogens is 221 g/mol. The summed E-state index contributed by atoms with van der Waals surface area (Å²) in [6.45, 7) is 3.05. The lowest BCUT2D eigenvalue weighted by molar-refractivity contribution is 0.622. The highest BCUT2D eigenvalue weighted by Gasteiger charge is 2.16. The van der Waals surface area contributed by atoms with E-state index in [9.17, 15) is 0 Å². The second-order valence-corrected chi connectivity index (χ2v) is 3.18. The Labute approximate surface area is 96.5 Å². The van der Waals surface area contributed by atoms with Gasteiger partial charge in [-0.2, -0.15) is 0 Å². The van der Waals surface area contributed by atoms with Crippen LogP contribution in [-0.2, 0) is 0 Å². The summed E-state index contributed by atoms with van der Waals surface area (Å²) in [5.41, 5.74) is 1.14. The number of halogens is 2. The van der Waals surface area contributed by atoms with Gasteiger partial charge in [0.05, 0.1) is 5.69 Å². The topological polar surface area (TPSA) is 37.8 Å². The molecule has 1 saturated heterocycles. The van der Waals surface area contributed by atoms with E-state index in [0.717, 1.165) is 18.1 Å². The molecule has 14 heavy (non-hydrogen) atoms. The van der Waals surface area contributed by atoms with Crippen LogP contribution in [0.1, 0.15) is 30.4 Å². The largest absolute Gasteiger partial charge is 0.309 e. The van der Waals surface area contributed by atoms with Crippen LogP contribution in [0.5, 0.6) is 0 Å². The van der Waals surface area contributed by atoms with Gasteiger partial charge in [-0.3, -0.25) is 0 Å². The molecule has 2 heterocycles. The van der Waals surface area contributed by atoms with Crippen LogP contribution in [0.4, 0.5) is 0 Å². The van der Waals surface area contributed by atoms with Crippen LogP contribution in [0.25, 0.3) is 0 Å². The molecule has 0 saturated carbocycles. The zero-order chi connectivity index (χ0) is 8.39. The maximum atomic E-state index is 4.38. The fraction of sp³-hybridized carbons (Fsp3) is 0.556. The Kier molecular flexibility index (Phi) is 6.00. The van der Waals surface area contributed by atoms with Crippen molar-refractivity contribution in [1.82, 2.24) is 15.3 Å². The first kappa shape index (κ1) is 13.6. The number of nitrogens with zero attached hydrogens (tertiary/aromatic N) is 2. The lowest BCUT2D eigenvalue weighted by Gasteiger charge is -2.08. The summed E-state index contributed by atoms with van der Waals surface area (Å²) in [6.07, 6.45) is 4.29. The van der Waals surface area contributed by atoms with Crippen LogP contribution >= 0.6 is 24.8 Å². The van der Waals surface area contributed by atoms with E-state index in [2.05, 4.69) is 15.3 Å². The summed E-state index contributed by atoms with van der Waals surface area (Å²) >= 11 is 0. The van der Waals surface area contributed by atoms with Gasteiger partial charge in [0.2, 0.25) is 0 Å². The predicted octanol–water partition coefficient (Wildman–Crippen LogP) is 2.05. The quantitative estimate of drug-likeness (QED) is 0.810. The normalized spacial score (nSPS) is 19.6. The van der Waals surface area contributed by atoms with Gasteiger partial charge in [-0.1, -0.05) is 0 Å². The molecule has 1 aliphatic heterocycles. The van der Waals surface area contributed by atoms with Crippen LogP contribution in [0.3, 0.4) is 0 Å². The molecule has 1 aliphatic rings. The molecule has 1 fully saturated rings. The Bertz CT molecular complexity index is 275. The molecule has 80 valence electrons. The average molecular weight is 236 g/mol. The maximum absolute atomic E-state index is 4.38. The Hall–Kier alpha value is -0.380. The molecule has 1 atom stereocenters. The summed E-state index contributed by atoms with van der Waals surface area (Å²) in [4.78, 5) is 8.45. The number of aromatic nitrogens is 2. The first-order valence-electron chi connectivity index (χ1n) is 4.39. The van der Waals surface area contributed by atoms with Gasteiger partial charge in [0.1, 0.15) is 5.82 Å². The summed E-state index contributed by atoms with van der Waals surface area (Å²) in [7, 11) is 0. The second-order valence-electron chi connectivity index (χ2n) is 3.18. The van der Waals surface area contributed by atoms with E-state index >= 15 is 0 Å². The maximum Gasteiger partial charge on any atom is 0.125 e. The smallest absolute Gasteiger partial charge is 0.125 e. The lowest BCUT2D eigenvalue weighted by Crippen LogP contribution is -2.14. The number of rotatable bonds is 1. The van der Waals surface area contributed by atoms with Gasteiger partial charge >= 0.3 is 0 Å². The number of aryl methyl sites for hydroxylation is 1. The highest BCUT2D eigenvalue weighted by Crippen LogP contribution is 2.20. The monoisotopic (exact) mass is 235 g/mol. The average Bonchev–Trinajstić information content (AvgIpc) is 2.56. The Balaban J connectivity index is 0.000000845. The van der Waals surface area contributed by atoms with Crippen molar-refractivity contribution in [3.8, 4) is 0 Å². The predicted molar refractivity (Wildman–Crippen MR) is 61.2 cm³/mol. The highest BCUT2D eigenvalue weighted by atomic mass is 35.5. The third-order valence-electron chi connectivity index (χ3n) is 2.21. The molecule has 0 radical (unpaired) electrons. The molecule has 0 bridgehead atoms. The molecule has 1 aromatic rings. The summed E-state index contributed by atoms with van der Waals surface area (Å²) < 4.78 is 0. The van der Waals surface area contributed by atoms with Crippen molar-refractivity contribution in [1.29, 1.82) is 0 Å². The van der Waals surface area contributed by atoms with Crippen molar-refractivity contribution < 1.29 is 0 Å². The molecular formula is C9H15Cl2N3. The minimum absolute atomic E-state index is 0. The van der Waals surface area contributed by atoms with Crippen LogP contribution in [0.15, 0.2) is 12.3 Å². The summed E-state index contributed by atoms with van der Waals surface area (Å²) in [6, 6.07) is 2.46. The first-order valence-corrected chi connectivity index (χ1v) is 4.39. The third-order valence-corrected chi connectivity index (χ3v) is 2.21. The zero-order valence-corrected chi connectivity index (χ0v) is 9.70. The molecule has 0 amide bonds. The Morgan fingerprint density at radius 2 is 2.21 bits per heavy atom. The van der Waals surface area contributed by atoms with E-state index in [0.29, 0.717) is 6.04 Å². The van der Waals surface area contributed by atoms with Crippen molar-refractivity contribution >= 4 is 24.8 Å². The zero-order valence-electron chi connectivity index (χ0n) is 8.06. The summed E-state index contributed by atoms with van der Waals surface area (Å²) in [5.74, 6) is 0.862. The van der Waals surface area contributed by atoms with Gasteiger partial charge in [-0.15, -0.1) is 24.8 Å². The molecule has 1 N–H and O–H groups in total. The Morgan fingerprint density at radius 1 is 1.43 bits per heavy atom. The van der Waals surface area contributed by atoms with E-state index in [1.807, 2.05) is 19.2 Å². The number of hydrogen-bond acceptors (Lipinski definition) is 3. The van der Waals surface area contributed by atoms with Gasteiger partial charge in [0.25, 0.3) is 0 Å².